The molecule has 1 aromatic heterocycles. The van der Waals surface area contributed by atoms with Gasteiger partial charge in [-0.2, -0.15) is 0 Å². The van der Waals surface area contributed by atoms with Crippen LogP contribution >= 0.6 is 11.6 Å². The predicted octanol–water partition coefficient (Wildman–Crippen LogP) is 4.51. The summed E-state index contributed by atoms with van der Waals surface area (Å²) in [6, 6.07) is 14.4. The van der Waals surface area contributed by atoms with Crippen molar-refractivity contribution in [1.82, 2.24) is 4.90 Å². The Hall–Kier alpha value is -2.43. The summed E-state index contributed by atoms with van der Waals surface area (Å²) in [5, 5.41) is 1.31. The van der Waals surface area contributed by atoms with Gasteiger partial charge in [-0.1, -0.05) is 35.9 Å². The lowest BCUT2D eigenvalue weighted by Gasteiger charge is -2.16. The van der Waals surface area contributed by atoms with Crippen LogP contribution in [0.5, 0.6) is 0 Å². The van der Waals surface area contributed by atoms with E-state index >= 15 is 0 Å². The van der Waals surface area contributed by atoms with E-state index < -0.39 is 0 Å². The molecule has 0 saturated carbocycles. The molecule has 4 rings (SSSR count). The van der Waals surface area contributed by atoms with Crippen molar-refractivity contribution in [2.24, 2.45) is 0 Å². The molecule has 0 N–H and O–H groups in total. The Morgan fingerprint density at radius 2 is 2.04 bits per heavy atom. The summed E-state index contributed by atoms with van der Waals surface area (Å²) in [5.74, 6) is 0.480. The number of ketones is 1. The molecule has 0 amide bonds. The average molecular weight is 382 g/mol. The fourth-order valence-electron chi connectivity index (χ4n) is 3.76. The molecule has 0 bridgehead atoms. The largest absolute Gasteiger partial charge is 0.464 e. The summed E-state index contributed by atoms with van der Waals surface area (Å²) >= 11 is 6.31. The van der Waals surface area contributed by atoms with E-state index in [2.05, 4.69) is 11.0 Å². The van der Waals surface area contributed by atoms with E-state index in [-0.39, 0.29) is 11.2 Å². The molecule has 27 heavy (non-hydrogen) atoms. The number of halogens is 1. The normalized spacial score (nSPS) is 17.4. The molecule has 0 radical (unpaired) electrons. The Bertz CT molecular complexity index is 1040. The zero-order valence-corrected chi connectivity index (χ0v) is 15.6. The first-order valence-electron chi connectivity index (χ1n) is 9.13. The summed E-state index contributed by atoms with van der Waals surface area (Å²) in [7, 11) is 0. The third-order valence-electron chi connectivity index (χ3n) is 5.26. The van der Waals surface area contributed by atoms with Gasteiger partial charge in [0.1, 0.15) is 5.58 Å². The molecule has 1 aliphatic heterocycles. The predicted molar refractivity (Wildman–Crippen MR) is 107 cm³/mol. The highest BCUT2D eigenvalue weighted by Crippen LogP contribution is 2.32. The van der Waals surface area contributed by atoms with Crippen LogP contribution in [0.3, 0.4) is 0 Å². The van der Waals surface area contributed by atoms with Gasteiger partial charge in [0.05, 0.1) is 11.6 Å². The molecule has 2 aromatic carbocycles. The zero-order chi connectivity index (χ0) is 18.8. The molecule has 4 nitrogen and oxygen atoms in total. The van der Waals surface area contributed by atoms with Crippen molar-refractivity contribution in [3.8, 4) is 0 Å². The molecule has 0 aliphatic carbocycles. The Labute approximate surface area is 162 Å². The Morgan fingerprint density at radius 1 is 1.19 bits per heavy atom. The summed E-state index contributed by atoms with van der Waals surface area (Å²) in [4.78, 5) is 26.7. The number of hydrogen-bond donors (Lipinski definition) is 0. The third-order valence-corrected chi connectivity index (χ3v) is 5.60. The number of hydrogen-bond acceptors (Lipinski definition) is 4. The molecule has 1 saturated heterocycles. The van der Waals surface area contributed by atoms with Crippen LogP contribution < -0.4 is 5.43 Å². The number of benzene rings is 2. The highest BCUT2D eigenvalue weighted by Gasteiger charge is 2.25. The topological polar surface area (TPSA) is 50.5 Å². The maximum absolute atomic E-state index is 12.6. The van der Waals surface area contributed by atoms with Crippen molar-refractivity contribution in [1.29, 1.82) is 0 Å². The van der Waals surface area contributed by atoms with Gasteiger partial charge in [0.2, 0.25) is 0 Å². The molecule has 2 heterocycles. The average Bonchev–Trinajstić information content (AvgIpc) is 3.15. The SMILES string of the molecule is O=C(CCN1CCC(c2ccccc2Cl)C1)c1ccc2c(=O)ccoc2c1. The molecule has 1 atom stereocenters. The molecular formula is C22H20ClNO3. The number of nitrogens with zero attached hydrogens (tertiary/aromatic N) is 1. The van der Waals surface area contributed by atoms with Crippen molar-refractivity contribution >= 4 is 28.4 Å². The maximum atomic E-state index is 12.6. The second-order valence-electron chi connectivity index (χ2n) is 6.98. The van der Waals surface area contributed by atoms with Crippen LogP contribution in [0, 0.1) is 0 Å². The Balaban J connectivity index is 1.39. The number of Topliss-reactive ketones (excluding diaryl/α,β-unsaturated/α-hetero) is 1. The van der Waals surface area contributed by atoms with E-state index in [1.54, 1.807) is 18.2 Å². The van der Waals surface area contributed by atoms with Crippen molar-refractivity contribution in [2.45, 2.75) is 18.8 Å². The van der Waals surface area contributed by atoms with Gasteiger partial charge in [0.15, 0.2) is 11.2 Å². The minimum atomic E-state index is -0.0991. The van der Waals surface area contributed by atoms with Crippen LogP contribution in [0.4, 0.5) is 0 Å². The van der Waals surface area contributed by atoms with Gasteiger partial charge in [0, 0.05) is 36.2 Å². The molecule has 138 valence electrons. The Kier molecular flexibility index (Phi) is 5.10. The molecule has 0 spiro atoms. The molecule has 5 heteroatoms. The molecule has 3 aromatic rings. The monoisotopic (exact) mass is 381 g/mol. The molecule has 1 fully saturated rings. The zero-order valence-electron chi connectivity index (χ0n) is 14.9. The number of likely N-dealkylation sites (tertiary alicyclic amines) is 1. The number of fused-ring (bicyclic) bond motifs is 1. The first-order valence-corrected chi connectivity index (χ1v) is 9.51. The van der Waals surface area contributed by atoms with Gasteiger partial charge in [-0.25, -0.2) is 0 Å². The summed E-state index contributed by atoms with van der Waals surface area (Å²) in [5.41, 5.74) is 2.13. The minimum absolute atomic E-state index is 0.0598. The molecular weight excluding hydrogens is 362 g/mol. The van der Waals surface area contributed by atoms with Gasteiger partial charge in [-0.05, 0) is 42.6 Å². The van der Waals surface area contributed by atoms with Crippen molar-refractivity contribution in [2.75, 3.05) is 19.6 Å². The third kappa shape index (κ3) is 3.82. The number of carbonyl (C=O) groups excluding carboxylic acids is 1. The van der Waals surface area contributed by atoms with Gasteiger partial charge in [-0.3, -0.25) is 9.59 Å². The van der Waals surface area contributed by atoms with Gasteiger partial charge in [-0.15, -0.1) is 0 Å². The van der Waals surface area contributed by atoms with Crippen LogP contribution in [0.1, 0.15) is 34.7 Å². The van der Waals surface area contributed by atoms with Gasteiger partial charge in [0.25, 0.3) is 0 Å². The van der Waals surface area contributed by atoms with Crippen molar-refractivity contribution in [3.63, 3.8) is 0 Å². The molecule has 1 aliphatic rings. The second kappa shape index (κ2) is 7.67. The van der Waals surface area contributed by atoms with Crippen molar-refractivity contribution < 1.29 is 9.21 Å². The first kappa shape index (κ1) is 18.0. The fourth-order valence-corrected chi connectivity index (χ4v) is 4.05. The fraction of sp³-hybridized carbons (Fsp3) is 0.273. The van der Waals surface area contributed by atoms with Crippen LogP contribution in [-0.2, 0) is 0 Å². The lowest BCUT2D eigenvalue weighted by Crippen LogP contribution is -2.23. The number of carbonyl (C=O) groups is 1. The van der Waals surface area contributed by atoms with E-state index in [9.17, 15) is 9.59 Å². The van der Waals surface area contributed by atoms with Gasteiger partial charge >= 0.3 is 0 Å². The van der Waals surface area contributed by atoms with Crippen LogP contribution in [0.25, 0.3) is 11.0 Å². The van der Waals surface area contributed by atoms with E-state index in [1.807, 2.05) is 18.2 Å². The second-order valence-corrected chi connectivity index (χ2v) is 7.38. The van der Waals surface area contributed by atoms with Crippen molar-refractivity contribution in [3.05, 3.63) is 81.2 Å². The van der Waals surface area contributed by atoms with Crippen LogP contribution in [0.15, 0.2) is 64.0 Å². The van der Waals surface area contributed by atoms with Crippen LogP contribution in [-0.4, -0.2) is 30.3 Å². The first-order chi connectivity index (χ1) is 13.1. The highest BCUT2D eigenvalue weighted by atomic mass is 35.5. The van der Waals surface area contributed by atoms with E-state index in [0.717, 1.165) is 31.1 Å². The minimum Gasteiger partial charge on any atom is -0.464 e. The highest BCUT2D eigenvalue weighted by molar-refractivity contribution is 6.31. The van der Waals surface area contributed by atoms with E-state index in [0.29, 0.717) is 28.9 Å². The Morgan fingerprint density at radius 3 is 2.89 bits per heavy atom. The smallest absolute Gasteiger partial charge is 0.192 e. The molecule has 1 unspecified atom stereocenters. The lowest BCUT2D eigenvalue weighted by molar-refractivity contribution is 0.0968. The van der Waals surface area contributed by atoms with E-state index in [4.69, 9.17) is 16.0 Å². The summed E-state index contributed by atoms with van der Waals surface area (Å²) < 4.78 is 5.36. The van der Waals surface area contributed by atoms with Gasteiger partial charge < -0.3 is 9.32 Å². The number of rotatable bonds is 5. The lowest BCUT2D eigenvalue weighted by atomic mass is 9.98. The van der Waals surface area contributed by atoms with Crippen LogP contribution in [0.2, 0.25) is 5.02 Å². The summed E-state index contributed by atoms with van der Waals surface area (Å²) in [6.45, 7) is 2.61. The maximum Gasteiger partial charge on any atom is 0.192 e. The standard InChI is InChI=1S/C22H20ClNO3/c23-19-4-2-1-3-17(19)16-7-10-24(14-16)11-8-20(25)15-5-6-18-21(26)9-12-27-22(18)13-15/h1-6,9,12-13,16H,7-8,10-11,14H2. The summed E-state index contributed by atoms with van der Waals surface area (Å²) in [6.07, 6.45) is 2.86. The van der Waals surface area contributed by atoms with E-state index in [1.165, 1.54) is 17.9 Å². The quantitative estimate of drug-likeness (QED) is 0.610.